The third kappa shape index (κ3) is 4.56. The summed E-state index contributed by atoms with van der Waals surface area (Å²) in [6.45, 7) is 3.29. The van der Waals surface area contributed by atoms with Gasteiger partial charge in [0.05, 0.1) is 28.1 Å². The summed E-state index contributed by atoms with van der Waals surface area (Å²) in [7, 11) is 0. The smallest absolute Gasteiger partial charge is 0.416 e. The van der Waals surface area contributed by atoms with Crippen LogP contribution in [-0.2, 0) is 17.1 Å². The molecule has 0 radical (unpaired) electrons. The molecule has 0 atom stereocenters. The van der Waals surface area contributed by atoms with Crippen LogP contribution in [0.3, 0.4) is 0 Å². The number of hydrazone groups is 1. The van der Waals surface area contributed by atoms with E-state index in [2.05, 4.69) is 5.10 Å². The molecule has 2 aromatic carbocycles. The molecule has 0 bridgehead atoms. The Labute approximate surface area is 177 Å². The highest BCUT2D eigenvalue weighted by molar-refractivity contribution is 6.33. The van der Waals surface area contributed by atoms with E-state index in [4.69, 9.17) is 0 Å². The van der Waals surface area contributed by atoms with Crippen molar-refractivity contribution < 1.29 is 41.4 Å². The fourth-order valence-corrected chi connectivity index (χ4v) is 3.03. The Bertz CT molecular complexity index is 1100. The third-order valence-electron chi connectivity index (χ3n) is 4.58. The maximum Gasteiger partial charge on any atom is 0.416 e. The van der Waals surface area contributed by atoms with Crippen LogP contribution in [0.5, 0.6) is 11.5 Å². The van der Waals surface area contributed by atoms with Crippen LogP contribution < -0.4 is 5.01 Å². The molecular weight excluding hydrogens is 442 g/mol. The second-order valence-corrected chi connectivity index (χ2v) is 7.33. The summed E-state index contributed by atoms with van der Waals surface area (Å²) in [6.07, 6.45) is -8.88. The molecule has 0 aliphatic carbocycles. The number of hydrogen-bond donors (Lipinski definition) is 2. The molecule has 5 nitrogen and oxygen atoms in total. The Morgan fingerprint density at radius 1 is 0.906 bits per heavy atom. The van der Waals surface area contributed by atoms with E-state index < -0.39 is 52.5 Å². The normalized spacial score (nSPS) is 16.3. The number of benzene rings is 2. The molecule has 2 N–H and O–H groups in total. The largest absolute Gasteiger partial charge is 0.504 e. The first-order chi connectivity index (χ1) is 14.7. The summed E-state index contributed by atoms with van der Waals surface area (Å²) in [5, 5.41) is 23.5. The molecule has 3 rings (SSSR count). The second kappa shape index (κ2) is 7.88. The molecule has 0 unspecified atom stereocenters. The van der Waals surface area contributed by atoms with E-state index in [1.165, 1.54) is 12.1 Å². The highest BCUT2D eigenvalue weighted by Crippen LogP contribution is 2.40. The number of carbonyl (C=O) groups is 1. The number of anilines is 1. The predicted molar refractivity (Wildman–Crippen MR) is 104 cm³/mol. The van der Waals surface area contributed by atoms with E-state index in [1.807, 2.05) is 0 Å². The molecule has 1 amide bonds. The van der Waals surface area contributed by atoms with Crippen molar-refractivity contribution in [1.82, 2.24) is 0 Å². The van der Waals surface area contributed by atoms with Gasteiger partial charge in [-0.3, -0.25) is 4.79 Å². The minimum Gasteiger partial charge on any atom is -0.504 e. The molecule has 32 heavy (non-hydrogen) atoms. The zero-order valence-electron chi connectivity index (χ0n) is 16.6. The summed E-state index contributed by atoms with van der Waals surface area (Å²) in [5.74, 6) is -2.23. The second-order valence-electron chi connectivity index (χ2n) is 7.33. The number of amides is 1. The van der Waals surface area contributed by atoms with Crippen LogP contribution >= 0.6 is 0 Å². The van der Waals surface area contributed by atoms with Crippen LogP contribution in [0, 0.1) is 5.92 Å². The highest BCUT2D eigenvalue weighted by Gasteiger charge is 2.39. The third-order valence-corrected chi connectivity index (χ3v) is 4.58. The summed E-state index contributed by atoms with van der Waals surface area (Å²) in [6, 6.07) is 4.47. The van der Waals surface area contributed by atoms with Crippen LogP contribution in [0.1, 0.15) is 30.5 Å². The number of halogens is 6. The molecule has 0 fully saturated rings. The highest BCUT2D eigenvalue weighted by atomic mass is 19.4. The Morgan fingerprint density at radius 2 is 1.47 bits per heavy atom. The monoisotopic (exact) mass is 458 g/mol. The predicted octanol–water partition coefficient (Wildman–Crippen LogP) is 5.58. The van der Waals surface area contributed by atoms with Crippen LogP contribution in [0.15, 0.2) is 47.1 Å². The summed E-state index contributed by atoms with van der Waals surface area (Å²) in [4.78, 5) is 13.0. The summed E-state index contributed by atoms with van der Waals surface area (Å²) >= 11 is 0. The van der Waals surface area contributed by atoms with Crippen molar-refractivity contribution in [3.05, 3.63) is 58.7 Å². The quantitative estimate of drug-likeness (QED) is 0.359. The van der Waals surface area contributed by atoms with E-state index in [0.29, 0.717) is 17.1 Å². The van der Waals surface area contributed by atoms with Gasteiger partial charge >= 0.3 is 12.4 Å². The first kappa shape index (κ1) is 23.2. The fraction of sp³-hybridized carbons (Fsp3) is 0.238. The lowest BCUT2D eigenvalue weighted by Gasteiger charge is -2.17. The van der Waals surface area contributed by atoms with Gasteiger partial charge in [-0.1, -0.05) is 19.9 Å². The lowest BCUT2D eigenvalue weighted by molar-refractivity contribution is -0.143. The van der Waals surface area contributed by atoms with Crippen molar-refractivity contribution in [2.75, 3.05) is 5.01 Å². The number of phenolic OH excluding ortho intramolecular Hbond substituents is 2. The lowest BCUT2D eigenvalue weighted by Crippen LogP contribution is -2.23. The molecule has 1 heterocycles. The molecule has 1 aliphatic rings. The first-order valence-corrected chi connectivity index (χ1v) is 9.15. The Kier molecular flexibility index (Phi) is 5.71. The number of aromatic hydroxyl groups is 2. The number of alkyl halides is 6. The van der Waals surface area contributed by atoms with E-state index in [0.717, 1.165) is 12.1 Å². The molecule has 0 saturated heterocycles. The number of carbonyl (C=O) groups excluding carboxylic acids is 1. The Balaban J connectivity index is 2.14. The SMILES string of the molecule is CC(C)C1=NN(c2cc(C(F)(F)F)cc(C(F)(F)F)c2)C(=O)C1=Cc1ccc(O)c(O)c1. The van der Waals surface area contributed by atoms with Gasteiger partial charge in [0.1, 0.15) is 0 Å². The summed E-state index contributed by atoms with van der Waals surface area (Å²) < 4.78 is 79.2. The molecule has 0 saturated carbocycles. The standard InChI is InChI=1S/C21H16F6N2O3/c1-10(2)18-15(5-11-3-4-16(30)17(31)6-11)19(32)29(28-18)14-8-12(20(22,23)24)7-13(9-14)21(25,26)27/h3-10,30-31H,1-2H3. The number of hydrogen-bond acceptors (Lipinski definition) is 4. The molecule has 2 aromatic rings. The number of phenols is 2. The first-order valence-electron chi connectivity index (χ1n) is 9.15. The molecule has 11 heteroatoms. The lowest BCUT2D eigenvalue weighted by atomic mass is 9.98. The van der Waals surface area contributed by atoms with Crippen LogP contribution in [0.4, 0.5) is 32.0 Å². The maximum atomic E-state index is 13.2. The van der Waals surface area contributed by atoms with Crippen LogP contribution in [0.2, 0.25) is 0 Å². The molecule has 0 spiro atoms. The fourth-order valence-electron chi connectivity index (χ4n) is 3.03. The van der Waals surface area contributed by atoms with Crippen LogP contribution in [0.25, 0.3) is 6.08 Å². The van der Waals surface area contributed by atoms with E-state index >= 15 is 0 Å². The topological polar surface area (TPSA) is 73.1 Å². The van der Waals surface area contributed by atoms with Crippen LogP contribution in [-0.4, -0.2) is 21.8 Å². The zero-order valence-corrected chi connectivity index (χ0v) is 16.6. The molecule has 0 aromatic heterocycles. The molecule has 170 valence electrons. The van der Waals surface area contributed by atoms with Crippen molar-refractivity contribution in [3.8, 4) is 11.5 Å². The van der Waals surface area contributed by atoms with Crippen molar-refractivity contribution in [1.29, 1.82) is 0 Å². The van der Waals surface area contributed by atoms with Gasteiger partial charge in [0.25, 0.3) is 5.91 Å². The Hall–Kier alpha value is -3.50. The van der Waals surface area contributed by atoms with Gasteiger partial charge < -0.3 is 10.2 Å². The van der Waals surface area contributed by atoms with Gasteiger partial charge in [-0.2, -0.15) is 36.5 Å². The van der Waals surface area contributed by atoms with E-state index in [9.17, 15) is 41.4 Å². The number of nitrogens with zero attached hydrogens (tertiary/aromatic N) is 2. The van der Waals surface area contributed by atoms with Crippen molar-refractivity contribution in [2.45, 2.75) is 26.2 Å². The minimum atomic E-state index is -5.08. The van der Waals surface area contributed by atoms with Gasteiger partial charge in [0.15, 0.2) is 11.5 Å². The van der Waals surface area contributed by atoms with E-state index in [1.54, 1.807) is 13.8 Å². The van der Waals surface area contributed by atoms with Gasteiger partial charge in [-0.25, -0.2) is 0 Å². The van der Waals surface area contributed by atoms with Gasteiger partial charge in [-0.15, -0.1) is 0 Å². The van der Waals surface area contributed by atoms with Gasteiger partial charge in [-0.05, 0) is 47.9 Å². The van der Waals surface area contributed by atoms with Crippen molar-refractivity contribution in [2.24, 2.45) is 11.0 Å². The molecular formula is C21H16F6N2O3. The van der Waals surface area contributed by atoms with Gasteiger partial charge in [0.2, 0.25) is 0 Å². The zero-order chi connectivity index (χ0) is 24.0. The van der Waals surface area contributed by atoms with Gasteiger partial charge in [0, 0.05) is 0 Å². The average molecular weight is 458 g/mol. The average Bonchev–Trinajstić information content (AvgIpc) is 3.00. The van der Waals surface area contributed by atoms with Crippen molar-refractivity contribution in [3.63, 3.8) is 0 Å². The minimum absolute atomic E-state index is 0.0346. The van der Waals surface area contributed by atoms with Crippen molar-refractivity contribution >= 4 is 23.4 Å². The Morgan fingerprint density at radius 3 is 1.94 bits per heavy atom. The number of rotatable bonds is 3. The summed E-state index contributed by atoms with van der Waals surface area (Å²) in [5.41, 5.74) is -3.51. The van der Waals surface area contributed by atoms with E-state index in [-0.39, 0.29) is 22.9 Å². The molecule has 1 aliphatic heterocycles. The maximum absolute atomic E-state index is 13.2.